The second kappa shape index (κ2) is 6.97. The molecule has 0 bridgehead atoms. The minimum absolute atomic E-state index is 0.0419. The maximum atomic E-state index is 11.6. The number of unbranched alkanes of at least 4 members (excludes halogenated alkanes) is 1. The zero-order chi connectivity index (χ0) is 12.7. The minimum atomic E-state index is -0.0845. The van der Waals surface area contributed by atoms with E-state index in [1.807, 2.05) is 13.2 Å². The van der Waals surface area contributed by atoms with Crippen LogP contribution in [0.15, 0.2) is 12.3 Å². The summed E-state index contributed by atoms with van der Waals surface area (Å²) in [6.07, 6.45) is 4.99. The lowest BCUT2D eigenvalue weighted by molar-refractivity contribution is -0.115. The molecular weight excluding hydrogens is 236 g/mol. The summed E-state index contributed by atoms with van der Waals surface area (Å²) in [6.45, 7) is 2.55. The SMILES string of the molecule is CSC(C)C(=O)Nc1ccn(CCCC#N)n1. The summed E-state index contributed by atoms with van der Waals surface area (Å²) in [5.41, 5.74) is 0. The highest BCUT2D eigenvalue weighted by atomic mass is 32.2. The molecule has 0 aliphatic carbocycles. The largest absolute Gasteiger partial charge is 0.308 e. The van der Waals surface area contributed by atoms with Crippen molar-refractivity contribution in [2.75, 3.05) is 11.6 Å². The second-order valence-corrected chi connectivity index (χ2v) is 4.77. The Bertz CT molecular complexity index is 410. The van der Waals surface area contributed by atoms with E-state index in [1.165, 1.54) is 11.8 Å². The maximum absolute atomic E-state index is 11.6. The zero-order valence-corrected chi connectivity index (χ0v) is 10.8. The Balaban J connectivity index is 2.46. The number of anilines is 1. The van der Waals surface area contributed by atoms with Crippen LogP contribution < -0.4 is 5.32 Å². The Hall–Kier alpha value is -1.48. The molecule has 0 spiro atoms. The molecule has 5 nitrogen and oxygen atoms in total. The molecule has 0 aliphatic heterocycles. The molecular formula is C11H16N4OS. The Morgan fingerprint density at radius 2 is 2.53 bits per heavy atom. The summed E-state index contributed by atoms with van der Waals surface area (Å²) in [5.74, 6) is 0.521. The Morgan fingerprint density at radius 3 is 3.18 bits per heavy atom. The summed E-state index contributed by atoms with van der Waals surface area (Å²) >= 11 is 1.49. The lowest BCUT2D eigenvalue weighted by Gasteiger charge is -2.06. The number of thioether (sulfide) groups is 1. The molecule has 1 atom stereocenters. The molecule has 0 saturated heterocycles. The number of hydrogen-bond acceptors (Lipinski definition) is 4. The molecule has 1 unspecified atom stereocenters. The number of nitrogens with zero attached hydrogens (tertiary/aromatic N) is 3. The maximum Gasteiger partial charge on any atom is 0.238 e. The van der Waals surface area contributed by atoms with Crippen molar-refractivity contribution in [3.05, 3.63) is 12.3 Å². The van der Waals surface area contributed by atoms with Gasteiger partial charge in [0.1, 0.15) is 0 Å². The van der Waals surface area contributed by atoms with E-state index in [4.69, 9.17) is 5.26 Å². The van der Waals surface area contributed by atoms with Crippen LogP contribution >= 0.6 is 11.8 Å². The van der Waals surface area contributed by atoms with E-state index in [9.17, 15) is 4.79 Å². The number of aryl methyl sites for hydroxylation is 1. The molecule has 0 fully saturated rings. The van der Waals surface area contributed by atoms with E-state index < -0.39 is 0 Å². The number of carbonyl (C=O) groups excluding carboxylic acids is 1. The number of hydrogen-bond donors (Lipinski definition) is 1. The number of carbonyl (C=O) groups is 1. The van der Waals surface area contributed by atoms with Crippen molar-refractivity contribution in [2.45, 2.75) is 31.6 Å². The summed E-state index contributed by atoms with van der Waals surface area (Å²) in [7, 11) is 0. The van der Waals surface area contributed by atoms with Gasteiger partial charge in [-0.3, -0.25) is 9.48 Å². The van der Waals surface area contributed by atoms with Crippen LogP contribution in [-0.2, 0) is 11.3 Å². The van der Waals surface area contributed by atoms with Crippen molar-refractivity contribution < 1.29 is 4.79 Å². The summed E-state index contributed by atoms with van der Waals surface area (Å²) < 4.78 is 1.73. The fourth-order valence-electron chi connectivity index (χ4n) is 1.21. The first kappa shape index (κ1) is 13.6. The molecule has 1 heterocycles. The van der Waals surface area contributed by atoms with Crippen LogP contribution in [0.1, 0.15) is 19.8 Å². The highest BCUT2D eigenvalue weighted by Crippen LogP contribution is 2.09. The van der Waals surface area contributed by atoms with Crippen LogP contribution in [0, 0.1) is 11.3 Å². The Morgan fingerprint density at radius 1 is 1.76 bits per heavy atom. The van der Waals surface area contributed by atoms with E-state index in [1.54, 1.807) is 16.9 Å². The van der Waals surface area contributed by atoms with Gasteiger partial charge in [-0.15, -0.1) is 0 Å². The molecule has 0 aromatic carbocycles. The molecule has 0 radical (unpaired) electrons. The zero-order valence-electron chi connectivity index (χ0n) is 10.0. The molecule has 1 amide bonds. The lowest BCUT2D eigenvalue weighted by Crippen LogP contribution is -2.22. The van der Waals surface area contributed by atoms with Gasteiger partial charge in [-0.1, -0.05) is 0 Å². The van der Waals surface area contributed by atoms with Gasteiger partial charge in [0.25, 0.3) is 0 Å². The van der Waals surface area contributed by atoms with Crippen molar-refractivity contribution in [3.8, 4) is 6.07 Å². The molecule has 1 aromatic heterocycles. The fraction of sp³-hybridized carbons (Fsp3) is 0.545. The van der Waals surface area contributed by atoms with Crippen molar-refractivity contribution >= 4 is 23.5 Å². The summed E-state index contributed by atoms with van der Waals surface area (Å²) in [5, 5.41) is 15.3. The van der Waals surface area contributed by atoms with Crippen molar-refractivity contribution in [2.24, 2.45) is 0 Å². The van der Waals surface area contributed by atoms with Crippen molar-refractivity contribution in [1.29, 1.82) is 5.26 Å². The summed E-state index contributed by atoms with van der Waals surface area (Å²) in [4.78, 5) is 11.6. The monoisotopic (exact) mass is 252 g/mol. The predicted octanol–water partition coefficient (Wildman–Crippen LogP) is 1.88. The summed E-state index contributed by atoms with van der Waals surface area (Å²) in [6, 6.07) is 3.85. The van der Waals surface area contributed by atoms with Crippen LogP contribution in [0.3, 0.4) is 0 Å². The highest BCUT2D eigenvalue weighted by molar-refractivity contribution is 7.99. The van der Waals surface area contributed by atoms with Crippen LogP contribution in [-0.4, -0.2) is 27.2 Å². The number of aromatic nitrogens is 2. The van der Waals surface area contributed by atoms with Gasteiger partial charge in [0.15, 0.2) is 5.82 Å². The number of nitriles is 1. The third kappa shape index (κ3) is 4.49. The third-order valence-corrected chi connectivity index (χ3v) is 3.21. The average molecular weight is 252 g/mol. The first-order valence-electron chi connectivity index (χ1n) is 5.41. The average Bonchev–Trinajstić information content (AvgIpc) is 2.76. The van der Waals surface area contributed by atoms with Crippen LogP contribution in [0.5, 0.6) is 0 Å². The van der Waals surface area contributed by atoms with E-state index in [2.05, 4.69) is 16.5 Å². The standard InChI is InChI=1S/C11H16N4OS/c1-9(17-2)11(16)13-10-5-8-15(14-10)7-4-3-6-12/h5,8-9H,3-4,7H2,1-2H3,(H,13,14,16). The van der Waals surface area contributed by atoms with Crippen LogP contribution in [0.2, 0.25) is 0 Å². The van der Waals surface area contributed by atoms with Gasteiger partial charge >= 0.3 is 0 Å². The van der Waals surface area contributed by atoms with E-state index in [0.717, 1.165) is 6.42 Å². The number of nitrogens with one attached hydrogen (secondary N) is 1. The quantitative estimate of drug-likeness (QED) is 0.785. The van der Waals surface area contributed by atoms with Gasteiger partial charge < -0.3 is 5.32 Å². The van der Waals surface area contributed by atoms with E-state index in [-0.39, 0.29) is 11.2 Å². The van der Waals surface area contributed by atoms with Crippen LogP contribution in [0.4, 0.5) is 5.82 Å². The predicted molar refractivity (Wildman–Crippen MR) is 68.7 cm³/mol. The van der Waals surface area contributed by atoms with Crippen LogP contribution in [0.25, 0.3) is 0 Å². The molecule has 1 aromatic rings. The Labute approximate surface area is 105 Å². The smallest absolute Gasteiger partial charge is 0.238 e. The van der Waals surface area contributed by atoms with Gasteiger partial charge in [-0.05, 0) is 19.6 Å². The van der Waals surface area contributed by atoms with E-state index >= 15 is 0 Å². The molecule has 1 rings (SSSR count). The molecule has 92 valence electrons. The first-order chi connectivity index (χ1) is 8.17. The van der Waals surface area contributed by atoms with Crippen molar-refractivity contribution in [1.82, 2.24) is 9.78 Å². The van der Waals surface area contributed by atoms with Gasteiger partial charge in [0.05, 0.1) is 11.3 Å². The lowest BCUT2D eigenvalue weighted by atomic mass is 10.3. The first-order valence-corrected chi connectivity index (χ1v) is 6.70. The van der Waals surface area contributed by atoms with Crippen molar-refractivity contribution in [3.63, 3.8) is 0 Å². The minimum Gasteiger partial charge on any atom is -0.308 e. The molecule has 0 aliphatic rings. The topological polar surface area (TPSA) is 70.7 Å². The fourth-order valence-corrected chi connectivity index (χ4v) is 1.48. The van der Waals surface area contributed by atoms with Gasteiger partial charge in [-0.25, -0.2) is 0 Å². The number of amides is 1. The number of rotatable bonds is 6. The highest BCUT2D eigenvalue weighted by Gasteiger charge is 2.12. The molecule has 17 heavy (non-hydrogen) atoms. The normalized spacial score (nSPS) is 11.8. The van der Waals surface area contributed by atoms with Gasteiger partial charge in [0, 0.05) is 25.2 Å². The Kier molecular flexibility index (Phi) is 5.57. The molecule has 0 saturated carbocycles. The van der Waals surface area contributed by atoms with Gasteiger partial charge in [-0.2, -0.15) is 22.1 Å². The molecule has 1 N–H and O–H groups in total. The second-order valence-electron chi connectivity index (χ2n) is 3.59. The van der Waals surface area contributed by atoms with Gasteiger partial charge in [0.2, 0.25) is 5.91 Å². The third-order valence-electron chi connectivity index (χ3n) is 2.29. The van der Waals surface area contributed by atoms with E-state index in [0.29, 0.717) is 18.8 Å². The molecule has 6 heteroatoms.